The van der Waals surface area contributed by atoms with E-state index in [2.05, 4.69) is 109 Å². The van der Waals surface area contributed by atoms with Gasteiger partial charge in [0.15, 0.2) is 17.5 Å². The van der Waals surface area contributed by atoms with Gasteiger partial charge < -0.3 is 8.83 Å². The lowest BCUT2D eigenvalue weighted by molar-refractivity contribution is 0.669. The molecule has 0 aliphatic carbocycles. The third kappa shape index (κ3) is 5.12. The number of rotatable bonds is 5. The molecule has 266 valence electrons. The molecular weight excluding hydrogens is 719 g/mol. The summed E-state index contributed by atoms with van der Waals surface area (Å²) in [4.78, 5) is 14.8. The maximum absolute atomic E-state index is 6.88. The predicted molar refractivity (Wildman–Crippen MR) is 234 cm³/mol. The molecule has 12 aromatic rings. The quantitative estimate of drug-likeness (QED) is 0.175. The van der Waals surface area contributed by atoms with Gasteiger partial charge in [0.1, 0.15) is 22.3 Å². The van der Waals surface area contributed by atoms with Crippen molar-refractivity contribution in [2.45, 2.75) is 0 Å². The number of nitrogens with zero attached hydrogens (tertiary/aromatic N) is 3. The number of fused-ring (bicyclic) bond motifs is 9. The van der Waals surface area contributed by atoms with Crippen molar-refractivity contribution < 1.29 is 8.83 Å². The lowest BCUT2D eigenvalue weighted by atomic mass is 9.93. The lowest BCUT2D eigenvalue weighted by Gasteiger charge is -2.10. The Balaban J connectivity index is 1.06. The molecule has 4 heterocycles. The summed E-state index contributed by atoms with van der Waals surface area (Å²) in [5, 5.41) is 6.73. The van der Waals surface area contributed by atoms with Gasteiger partial charge in [0.2, 0.25) is 0 Å². The molecule has 4 aromatic heterocycles. The number of benzene rings is 8. The molecule has 0 saturated carbocycles. The van der Waals surface area contributed by atoms with E-state index in [-0.39, 0.29) is 0 Å². The van der Waals surface area contributed by atoms with Crippen molar-refractivity contribution in [1.82, 2.24) is 15.0 Å². The van der Waals surface area contributed by atoms with Crippen LogP contribution in [0.4, 0.5) is 0 Å². The first kappa shape index (κ1) is 31.9. The first-order valence-corrected chi connectivity index (χ1v) is 19.7. The maximum atomic E-state index is 6.88. The molecule has 0 amide bonds. The van der Waals surface area contributed by atoms with Crippen molar-refractivity contribution >= 4 is 75.4 Å². The minimum absolute atomic E-state index is 0.586. The molecule has 0 fully saturated rings. The van der Waals surface area contributed by atoms with Crippen molar-refractivity contribution in [3.8, 4) is 56.4 Å². The van der Waals surface area contributed by atoms with Crippen molar-refractivity contribution in [2.24, 2.45) is 0 Å². The number of hydrogen-bond acceptors (Lipinski definition) is 6. The molecule has 0 unspecified atom stereocenters. The zero-order chi connectivity index (χ0) is 37.5. The Bertz CT molecular complexity index is 3470. The molecule has 6 heteroatoms. The number of aromatic nitrogens is 3. The smallest absolute Gasteiger partial charge is 0.164 e. The van der Waals surface area contributed by atoms with Crippen molar-refractivity contribution in [3.05, 3.63) is 176 Å². The van der Waals surface area contributed by atoms with Crippen molar-refractivity contribution in [1.29, 1.82) is 0 Å². The van der Waals surface area contributed by atoms with Crippen LogP contribution in [0.5, 0.6) is 0 Å². The molecule has 5 nitrogen and oxygen atoms in total. The Morgan fingerprint density at radius 2 is 0.912 bits per heavy atom. The van der Waals surface area contributed by atoms with Crippen LogP contribution in [0.15, 0.2) is 185 Å². The van der Waals surface area contributed by atoms with Gasteiger partial charge >= 0.3 is 0 Å². The highest BCUT2D eigenvalue weighted by molar-refractivity contribution is 7.25. The largest absolute Gasteiger partial charge is 0.455 e. The number of hydrogen-bond donors (Lipinski definition) is 0. The molecule has 0 bridgehead atoms. The van der Waals surface area contributed by atoms with Gasteiger partial charge in [-0.05, 0) is 53.6 Å². The summed E-state index contributed by atoms with van der Waals surface area (Å²) in [5.74, 6) is 1.83. The van der Waals surface area contributed by atoms with Crippen LogP contribution in [0.3, 0.4) is 0 Å². The van der Waals surface area contributed by atoms with E-state index in [1.54, 1.807) is 0 Å². The lowest BCUT2D eigenvalue weighted by Crippen LogP contribution is -2.00. The molecule has 57 heavy (non-hydrogen) atoms. The second-order valence-corrected chi connectivity index (χ2v) is 15.4. The minimum atomic E-state index is 0.586. The molecular formula is C51H29N3O2S. The Kier molecular flexibility index (Phi) is 7.03. The van der Waals surface area contributed by atoms with Gasteiger partial charge in [-0.25, -0.2) is 15.0 Å². The molecule has 12 rings (SSSR count). The summed E-state index contributed by atoms with van der Waals surface area (Å²) in [7, 11) is 0. The Hall–Kier alpha value is -7.41. The van der Waals surface area contributed by atoms with Gasteiger partial charge in [0.25, 0.3) is 0 Å². The molecule has 0 atom stereocenters. The van der Waals surface area contributed by atoms with E-state index < -0.39 is 0 Å². The van der Waals surface area contributed by atoms with Crippen LogP contribution in [-0.4, -0.2) is 15.0 Å². The predicted octanol–water partition coefficient (Wildman–Crippen LogP) is 14.4. The normalized spacial score (nSPS) is 11.9. The average Bonchev–Trinajstić information content (AvgIpc) is 3.98. The topological polar surface area (TPSA) is 65.0 Å². The van der Waals surface area contributed by atoms with E-state index in [1.165, 1.54) is 20.2 Å². The Labute approximate surface area is 330 Å². The monoisotopic (exact) mass is 747 g/mol. The van der Waals surface area contributed by atoms with Crippen LogP contribution in [0.2, 0.25) is 0 Å². The maximum Gasteiger partial charge on any atom is 0.164 e. The van der Waals surface area contributed by atoms with Crippen LogP contribution < -0.4 is 0 Å². The SMILES string of the molecule is c1ccc(-c2nc(-c3ccccc3)nc(-c3ccc4c(c3)oc3c(-c5cc(-c6cccc7sc8ccccc8c67)c6oc7ccccc7c6c5)cccc34)n2)cc1. The number of furan rings is 2. The Morgan fingerprint density at radius 1 is 0.333 bits per heavy atom. The van der Waals surface area contributed by atoms with E-state index >= 15 is 0 Å². The summed E-state index contributed by atoms with van der Waals surface area (Å²) in [6.07, 6.45) is 0. The molecule has 0 saturated heterocycles. The van der Waals surface area contributed by atoms with Crippen molar-refractivity contribution in [2.75, 3.05) is 0 Å². The van der Waals surface area contributed by atoms with Crippen LogP contribution in [0, 0.1) is 0 Å². The fraction of sp³-hybridized carbons (Fsp3) is 0. The second-order valence-electron chi connectivity index (χ2n) is 14.3. The van der Waals surface area contributed by atoms with E-state index in [4.69, 9.17) is 23.8 Å². The van der Waals surface area contributed by atoms with E-state index in [9.17, 15) is 0 Å². The summed E-state index contributed by atoms with van der Waals surface area (Å²) in [6.45, 7) is 0. The summed E-state index contributed by atoms with van der Waals surface area (Å²) in [5.41, 5.74) is 10.3. The second kappa shape index (κ2) is 12.6. The molecule has 0 N–H and O–H groups in total. The highest BCUT2D eigenvalue weighted by atomic mass is 32.1. The third-order valence-electron chi connectivity index (χ3n) is 10.9. The average molecular weight is 748 g/mol. The highest BCUT2D eigenvalue weighted by Gasteiger charge is 2.21. The molecule has 8 aromatic carbocycles. The summed E-state index contributed by atoms with van der Waals surface area (Å²) < 4.78 is 16.1. The summed E-state index contributed by atoms with van der Waals surface area (Å²) >= 11 is 1.83. The van der Waals surface area contributed by atoms with Crippen LogP contribution in [-0.2, 0) is 0 Å². The first-order chi connectivity index (χ1) is 28.2. The molecule has 0 aliphatic rings. The number of thiophene rings is 1. The van der Waals surface area contributed by atoms with Crippen molar-refractivity contribution in [3.63, 3.8) is 0 Å². The highest BCUT2D eigenvalue weighted by Crippen LogP contribution is 2.46. The van der Waals surface area contributed by atoms with E-state index in [0.29, 0.717) is 17.5 Å². The number of para-hydroxylation sites is 2. The first-order valence-electron chi connectivity index (χ1n) is 18.9. The van der Waals surface area contributed by atoms with Crippen LogP contribution >= 0.6 is 11.3 Å². The minimum Gasteiger partial charge on any atom is -0.455 e. The zero-order valence-electron chi connectivity index (χ0n) is 30.3. The van der Waals surface area contributed by atoms with E-state index in [1.807, 2.05) is 78.1 Å². The molecule has 0 spiro atoms. The van der Waals surface area contributed by atoms with Gasteiger partial charge in [-0.2, -0.15) is 0 Å². The summed E-state index contributed by atoms with van der Waals surface area (Å²) in [6, 6.07) is 60.9. The fourth-order valence-electron chi connectivity index (χ4n) is 8.28. The van der Waals surface area contributed by atoms with Gasteiger partial charge in [-0.15, -0.1) is 11.3 Å². The zero-order valence-corrected chi connectivity index (χ0v) is 31.1. The van der Waals surface area contributed by atoms with Gasteiger partial charge in [-0.3, -0.25) is 0 Å². The van der Waals surface area contributed by atoms with Gasteiger partial charge in [0, 0.05) is 69.5 Å². The van der Waals surface area contributed by atoms with Gasteiger partial charge in [-0.1, -0.05) is 133 Å². The van der Waals surface area contributed by atoms with E-state index in [0.717, 1.165) is 82.8 Å². The van der Waals surface area contributed by atoms with Gasteiger partial charge in [0.05, 0.1) is 0 Å². The third-order valence-corrected chi connectivity index (χ3v) is 12.1. The van der Waals surface area contributed by atoms with Crippen LogP contribution in [0.25, 0.3) is 120 Å². The Morgan fingerprint density at radius 3 is 1.70 bits per heavy atom. The molecule has 0 aliphatic heterocycles. The molecule has 0 radical (unpaired) electrons. The van der Waals surface area contributed by atoms with Crippen LogP contribution in [0.1, 0.15) is 0 Å². The standard InChI is InChI=1S/C51H29N3O2S/c1-3-13-30(14-4-1)49-52-50(31-15-5-2-6-16-31)54-51(53-49)32-25-26-36-38-21-11-19-34(47(38)56-43(36)29-32)33-27-40-35-17-7-9-22-42(35)55-48(40)41(28-33)37-20-12-24-45-46(37)39-18-8-10-23-44(39)57-45/h1-29H. The fourth-order valence-corrected chi connectivity index (χ4v) is 9.42.